The molecule has 0 fully saturated rings. The Morgan fingerprint density at radius 3 is 2.09 bits per heavy atom. The second kappa shape index (κ2) is 12.7. The maximum absolute atomic E-state index is 13.6. The third-order valence-corrected chi connectivity index (χ3v) is 7.81. The lowest BCUT2D eigenvalue weighted by molar-refractivity contribution is -0.129. The molecule has 4 rings (SSSR count). The first-order chi connectivity index (χ1) is 20.1. The topological polar surface area (TPSA) is 149 Å². The smallest absolute Gasteiger partial charge is 0.227 e. The lowest BCUT2D eigenvalue weighted by Gasteiger charge is -2.31. The maximum atomic E-state index is 13.6. The van der Waals surface area contributed by atoms with E-state index < -0.39 is 29.8 Å². The first-order valence-corrected chi connectivity index (χ1v) is 14.8. The number of nitrogens with zero attached hydrogens (tertiary/aromatic N) is 4. The number of ketones is 1. The number of benzene rings is 2. The summed E-state index contributed by atoms with van der Waals surface area (Å²) in [4.78, 5) is 27.9. The minimum atomic E-state index is -1.63. The average Bonchev–Trinajstić information content (AvgIpc) is 3.33. The van der Waals surface area contributed by atoms with E-state index in [1.807, 2.05) is 90.1 Å². The molecule has 43 heavy (non-hydrogen) atoms. The summed E-state index contributed by atoms with van der Waals surface area (Å²) in [6.07, 6.45) is -5.42. The highest BCUT2D eigenvalue weighted by Gasteiger charge is 2.35. The van der Waals surface area contributed by atoms with Crippen molar-refractivity contribution >= 4 is 17.4 Å². The molecule has 0 spiro atoms. The van der Waals surface area contributed by atoms with Crippen LogP contribution in [0.3, 0.4) is 0 Å². The first-order valence-electron chi connectivity index (χ1n) is 14.8. The van der Waals surface area contributed by atoms with Crippen LogP contribution in [0.15, 0.2) is 48.5 Å². The zero-order valence-corrected chi connectivity index (χ0v) is 25.9. The monoisotopic (exact) mass is 592 g/mol. The van der Waals surface area contributed by atoms with Crippen LogP contribution in [0.2, 0.25) is 0 Å². The Balaban J connectivity index is 1.70. The van der Waals surface area contributed by atoms with Crippen molar-refractivity contribution in [3.8, 4) is 22.5 Å². The molecule has 1 aromatic heterocycles. The van der Waals surface area contributed by atoms with Gasteiger partial charge in [0.1, 0.15) is 29.8 Å². The van der Waals surface area contributed by atoms with Crippen LogP contribution in [-0.4, -0.2) is 71.5 Å². The van der Waals surface area contributed by atoms with Crippen molar-refractivity contribution in [1.29, 1.82) is 0 Å². The number of carbonyl (C=O) groups is 2. The summed E-state index contributed by atoms with van der Waals surface area (Å²) in [5.74, 6) is -0.166. The second-order valence-electron chi connectivity index (χ2n) is 13.7. The molecule has 10 heteroatoms. The fraction of sp³-hybridized carbons (Fsp3) is 0.515. The molecule has 0 saturated heterocycles. The van der Waals surface area contributed by atoms with Crippen molar-refractivity contribution in [2.24, 2.45) is 10.8 Å². The molecule has 1 aliphatic heterocycles. The van der Waals surface area contributed by atoms with E-state index in [4.69, 9.17) is 0 Å². The van der Waals surface area contributed by atoms with E-state index in [0.29, 0.717) is 22.6 Å². The van der Waals surface area contributed by atoms with Gasteiger partial charge in [0.15, 0.2) is 0 Å². The number of anilines is 1. The number of para-hydroxylation sites is 1. The normalized spacial score (nSPS) is 16.2. The summed E-state index contributed by atoms with van der Waals surface area (Å²) in [5.41, 5.74) is 3.09. The van der Waals surface area contributed by atoms with Gasteiger partial charge >= 0.3 is 0 Å². The van der Waals surface area contributed by atoms with Crippen LogP contribution < -0.4 is 4.90 Å². The molecule has 1 aliphatic rings. The minimum Gasteiger partial charge on any atom is -0.390 e. The molecule has 0 aliphatic carbocycles. The Morgan fingerprint density at radius 2 is 1.44 bits per heavy atom. The standard InChI is InChI=1S/C33H44N4O6/c1-32(2,3)17-24(38)30(42)31(43)25(39)19-37-29-21-12-8-7-11-20(21)18-36(27(41)16-15-26(40)33(4,5)6)23-14-10-9-13-22(23)28(29)34-35-37/h7-14,24-25,30-31,38-39,42-43H,15-19H2,1-6H3. The van der Waals surface area contributed by atoms with Gasteiger partial charge in [-0.25, -0.2) is 4.68 Å². The second-order valence-corrected chi connectivity index (χ2v) is 13.7. The highest BCUT2D eigenvalue weighted by Crippen LogP contribution is 2.41. The van der Waals surface area contributed by atoms with Gasteiger partial charge in [-0.05, 0) is 23.5 Å². The van der Waals surface area contributed by atoms with Gasteiger partial charge in [-0.1, -0.05) is 89.2 Å². The largest absolute Gasteiger partial charge is 0.390 e. The molecule has 2 heterocycles. The van der Waals surface area contributed by atoms with Crippen molar-refractivity contribution < 1.29 is 30.0 Å². The van der Waals surface area contributed by atoms with Gasteiger partial charge < -0.3 is 25.3 Å². The van der Waals surface area contributed by atoms with Gasteiger partial charge in [0.25, 0.3) is 0 Å². The van der Waals surface area contributed by atoms with Crippen LogP contribution in [0.4, 0.5) is 5.69 Å². The van der Waals surface area contributed by atoms with Gasteiger partial charge in [-0.15, -0.1) is 5.10 Å². The van der Waals surface area contributed by atoms with Crippen LogP contribution in [0.1, 0.15) is 66.4 Å². The molecule has 0 bridgehead atoms. The molecule has 3 aromatic rings. The van der Waals surface area contributed by atoms with Crippen LogP contribution in [0, 0.1) is 10.8 Å². The lowest BCUT2D eigenvalue weighted by atomic mass is 9.86. The van der Waals surface area contributed by atoms with E-state index in [0.717, 1.165) is 11.1 Å². The number of amides is 1. The number of hydrogen-bond donors (Lipinski definition) is 4. The molecule has 4 N–H and O–H groups in total. The predicted octanol–water partition coefficient (Wildman–Crippen LogP) is 3.73. The van der Waals surface area contributed by atoms with E-state index in [2.05, 4.69) is 10.3 Å². The van der Waals surface area contributed by atoms with E-state index in [-0.39, 0.29) is 49.5 Å². The third-order valence-electron chi connectivity index (χ3n) is 7.81. The summed E-state index contributed by atoms with van der Waals surface area (Å²) in [7, 11) is 0. The van der Waals surface area contributed by atoms with E-state index in [1.54, 1.807) is 4.90 Å². The number of hydrogen-bond acceptors (Lipinski definition) is 8. The van der Waals surface area contributed by atoms with Crippen molar-refractivity contribution in [1.82, 2.24) is 15.0 Å². The Bertz CT molecular complexity index is 1450. The molecule has 10 nitrogen and oxygen atoms in total. The van der Waals surface area contributed by atoms with Crippen molar-refractivity contribution in [2.45, 2.75) is 98.3 Å². The Morgan fingerprint density at radius 1 is 0.837 bits per heavy atom. The van der Waals surface area contributed by atoms with Crippen molar-refractivity contribution in [2.75, 3.05) is 4.90 Å². The van der Waals surface area contributed by atoms with Gasteiger partial charge in [-0.3, -0.25) is 9.59 Å². The lowest BCUT2D eigenvalue weighted by Crippen LogP contribution is -2.47. The number of aliphatic hydroxyl groups is 4. The molecule has 2 aromatic carbocycles. The number of rotatable bonds is 9. The maximum Gasteiger partial charge on any atom is 0.227 e. The summed E-state index contributed by atoms with van der Waals surface area (Å²) in [6, 6.07) is 14.9. The molecule has 4 unspecified atom stereocenters. The van der Waals surface area contributed by atoms with E-state index in [1.165, 1.54) is 4.68 Å². The molecule has 232 valence electrons. The summed E-state index contributed by atoms with van der Waals surface area (Å²) < 4.78 is 1.49. The molecule has 0 saturated carbocycles. The van der Waals surface area contributed by atoms with Gasteiger partial charge in [0, 0.05) is 29.4 Å². The quantitative estimate of drug-likeness (QED) is 0.294. The summed E-state index contributed by atoms with van der Waals surface area (Å²) in [6.45, 7) is 11.3. The zero-order valence-electron chi connectivity index (χ0n) is 25.9. The number of carbonyl (C=O) groups excluding carboxylic acids is 2. The molecule has 0 radical (unpaired) electrons. The number of aromatic nitrogens is 3. The number of aliphatic hydroxyl groups excluding tert-OH is 4. The van der Waals surface area contributed by atoms with Gasteiger partial charge in [0.05, 0.1) is 30.6 Å². The minimum absolute atomic E-state index is 0.0172. The first kappa shape index (κ1) is 32.5. The number of Topliss-reactive ketones (excluding diaryl/α,β-unsaturated/α-hetero) is 1. The summed E-state index contributed by atoms with van der Waals surface area (Å²) >= 11 is 0. The Labute approximate surface area is 253 Å². The number of fused-ring (bicyclic) bond motifs is 5. The Kier molecular flexibility index (Phi) is 9.56. The molecular weight excluding hydrogens is 548 g/mol. The van der Waals surface area contributed by atoms with Gasteiger partial charge in [0.2, 0.25) is 5.91 Å². The van der Waals surface area contributed by atoms with E-state index >= 15 is 0 Å². The highest BCUT2D eigenvalue weighted by atomic mass is 16.4. The van der Waals surface area contributed by atoms with E-state index in [9.17, 15) is 30.0 Å². The SMILES string of the molecule is CC(C)(C)CC(O)C(O)C(O)C(O)Cn1nnc2c1-c1ccccc1CN(C(=O)CCC(=O)C(C)(C)C)c1ccccc1-2. The van der Waals surface area contributed by atoms with Crippen molar-refractivity contribution in [3.63, 3.8) is 0 Å². The fourth-order valence-corrected chi connectivity index (χ4v) is 5.38. The zero-order chi connectivity index (χ0) is 31.7. The molecule has 1 amide bonds. The fourth-order valence-electron chi connectivity index (χ4n) is 5.38. The van der Waals surface area contributed by atoms with Crippen LogP contribution >= 0.6 is 0 Å². The van der Waals surface area contributed by atoms with Crippen LogP contribution in [0.25, 0.3) is 22.5 Å². The Hall–Kier alpha value is -3.44. The van der Waals surface area contributed by atoms with Crippen LogP contribution in [-0.2, 0) is 22.7 Å². The summed E-state index contributed by atoms with van der Waals surface area (Å²) in [5, 5.41) is 51.6. The third kappa shape index (κ3) is 7.38. The van der Waals surface area contributed by atoms with Crippen molar-refractivity contribution in [3.05, 3.63) is 54.1 Å². The van der Waals surface area contributed by atoms with Crippen LogP contribution in [0.5, 0.6) is 0 Å². The molecular formula is C33H44N4O6. The predicted molar refractivity (Wildman–Crippen MR) is 164 cm³/mol. The highest BCUT2D eigenvalue weighted by molar-refractivity contribution is 6.01. The molecule has 4 atom stereocenters. The van der Waals surface area contributed by atoms with Gasteiger partial charge in [-0.2, -0.15) is 0 Å². The average molecular weight is 593 g/mol.